The average Bonchev–Trinajstić information content (AvgIpc) is 3.35. The van der Waals surface area contributed by atoms with E-state index in [0.29, 0.717) is 6.04 Å². The third-order valence-corrected chi connectivity index (χ3v) is 5.29. The molecule has 1 N–H and O–H groups in total. The van der Waals surface area contributed by atoms with Crippen molar-refractivity contribution >= 4 is 6.03 Å². The summed E-state index contributed by atoms with van der Waals surface area (Å²) < 4.78 is 5.40. The van der Waals surface area contributed by atoms with E-state index in [9.17, 15) is 4.79 Å². The molecule has 1 aliphatic heterocycles. The number of amides is 2. The molecule has 0 bridgehead atoms. The molecule has 132 valence electrons. The van der Waals surface area contributed by atoms with Crippen molar-refractivity contribution in [2.75, 3.05) is 20.7 Å². The zero-order chi connectivity index (χ0) is 17.3. The summed E-state index contributed by atoms with van der Waals surface area (Å²) in [6, 6.07) is 9.53. The van der Waals surface area contributed by atoms with E-state index >= 15 is 0 Å². The standard InChI is InChI=1S/C19H29N3O2/c1-13(2)21(3)19(23)20-17-10-11-22(15-8-9-15)18(17)14-6-5-7-16(12-14)24-4/h5-7,12-13,15,17-18H,8-11H2,1-4H3,(H,20,23). The summed E-state index contributed by atoms with van der Waals surface area (Å²) in [6.07, 6.45) is 3.54. The molecule has 2 aliphatic rings. The maximum atomic E-state index is 12.5. The van der Waals surface area contributed by atoms with Crippen LogP contribution in [0, 0.1) is 0 Å². The Morgan fingerprint density at radius 1 is 1.33 bits per heavy atom. The van der Waals surface area contributed by atoms with Crippen LogP contribution in [-0.2, 0) is 0 Å². The van der Waals surface area contributed by atoms with Crippen molar-refractivity contribution in [2.45, 2.75) is 57.3 Å². The van der Waals surface area contributed by atoms with Crippen LogP contribution in [0.2, 0.25) is 0 Å². The first kappa shape index (κ1) is 17.1. The molecule has 1 saturated heterocycles. The lowest BCUT2D eigenvalue weighted by molar-refractivity contribution is 0.183. The number of nitrogens with zero attached hydrogens (tertiary/aromatic N) is 2. The van der Waals surface area contributed by atoms with Crippen molar-refractivity contribution < 1.29 is 9.53 Å². The van der Waals surface area contributed by atoms with Gasteiger partial charge >= 0.3 is 6.03 Å². The number of nitrogens with one attached hydrogen (secondary N) is 1. The molecular formula is C19H29N3O2. The summed E-state index contributed by atoms with van der Waals surface area (Å²) in [6.45, 7) is 5.11. The monoisotopic (exact) mass is 331 g/mol. The van der Waals surface area contributed by atoms with Crippen molar-refractivity contribution in [3.05, 3.63) is 29.8 Å². The minimum atomic E-state index is 0.0144. The lowest BCUT2D eigenvalue weighted by atomic mass is 9.99. The highest BCUT2D eigenvalue weighted by molar-refractivity contribution is 5.74. The van der Waals surface area contributed by atoms with Crippen LogP contribution in [0.4, 0.5) is 4.79 Å². The number of hydrogen-bond donors (Lipinski definition) is 1. The molecule has 2 unspecified atom stereocenters. The van der Waals surface area contributed by atoms with Crippen LogP contribution in [0.25, 0.3) is 0 Å². The number of methoxy groups -OCH3 is 1. The van der Waals surface area contributed by atoms with Crippen LogP contribution in [-0.4, -0.2) is 54.7 Å². The Bertz CT molecular complexity index is 586. The fourth-order valence-electron chi connectivity index (χ4n) is 3.53. The highest BCUT2D eigenvalue weighted by atomic mass is 16.5. The third-order valence-electron chi connectivity index (χ3n) is 5.29. The van der Waals surface area contributed by atoms with Gasteiger partial charge in [-0.05, 0) is 50.8 Å². The number of carbonyl (C=O) groups excluding carboxylic acids is 1. The summed E-state index contributed by atoms with van der Waals surface area (Å²) in [5.74, 6) is 0.875. The van der Waals surface area contributed by atoms with Gasteiger partial charge in [-0.15, -0.1) is 0 Å². The Morgan fingerprint density at radius 3 is 2.71 bits per heavy atom. The number of urea groups is 1. The van der Waals surface area contributed by atoms with Crippen LogP contribution in [0.5, 0.6) is 5.75 Å². The fourth-order valence-corrected chi connectivity index (χ4v) is 3.53. The van der Waals surface area contributed by atoms with E-state index in [2.05, 4.69) is 22.3 Å². The van der Waals surface area contributed by atoms with E-state index in [1.165, 1.54) is 18.4 Å². The Balaban J connectivity index is 1.81. The predicted molar refractivity (Wildman–Crippen MR) is 95.3 cm³/mol. The van der Waals surface area contributed by atoms with Crippen molar-refractivity contribution in [3.63, 3.8) is 0 Å². The van der Waals surface area contributed by atoms with Crippen LogP contribution >= 0.6 is 0 Å². The van der Waals surface area contributed by atoms with Crippen LogP contribution < -0.4 is 10.1 Å². The first-order valence-corrected chi connectivity index (χ1v) is 8.94. The van der Waals surface area contributed by atoms with E-state index in [1.807, 2.05) is 33.0 Å². The summed E-state index contributed by atoms with van der Waals surface area (Å²) in [7, 11) is 3.55. The quantitative estimate of drug-likeness (QED) is 0.902. The largest absolute Gasteiger partial charge is 0.497 e. The van der Waals surface area contributed by atoms with Gasteiger partial charge in [0.15, 0.2) is 0 Å². The van der Waals surface area contributed by atoms with Crippen LogP contribution in [0.3, 0.4) is 0 Å². The Kier molecular flexibility index (Phi) is 4.99. The molecule has 1 heterocycles. The van der Waals surface area contributed by atoms with Crippen molar-refractivity contribution in [1.29, 1.82) is 0 Å². The van der Waals surface area contributed by atoms with Gasteiger partial charge in [0.1, 0.15) is 5.75 Å². The lowest BCUT2D eigenvalue weighted by Gasteiger charge is -2.31. The molecule has 5 nitrogen and oxygen atoms in total. The zero-order valence-corrected chi connectivity index (χ0v) is 15.2. The van der Waals surface area contributed by atoms with E-state index in [1.54, 1.807) is 12.0 Å². The van der Waals surface area contributed by atoms with Gasteiger partial charge in [0.25, 0.3) is 0 Å². The maximum absolute atomic E-state index is 12.5. The Morgan fingerprint density at radius 2 is 2.08 bits per heavy atom. The van der Waals surface area contributed by atoms with Gasteiger partial charge in [0.2, 0.25) is 0 Å². The van der Waals surface area contributed by atoms with Crippen LogP contribution in [0.15, 0.2) is 24.3 Å². The van der Waals surface area contributed by atoms with E-state index in [0.717, 1.165) is 18.7 Å². The van der Waals surface area contributed by atoms with Gasteiger partial charge in [-0.3, -0.25) is 4.90 Å². The molecular weight excluding hydrogens is 302 g/mol. The molecule has 1 aliphatic carbocycles. The molecule has 2 fully saturated rings. The summed E-state index contributed by atoms with van der Waals surface area (Å²) in [5, 5.41) is 3.26. The molecule has 1 saturated carbocycles. The minimum absolute atomic E-state index is 0.0144. The molecule has 0 aromatic heterocycles. The maximum Gasteiger partial charge on any atom is 0.317 e. The Labute approximate surface area is 145 Å². The van der Waals surface area contributed by atoms with Crippen LogP contribution in [0.1, 0.15) is 44.7 Å². The van der Waals surface area contributed by atoms with E-state index in [-0.39, 0.29) is 24.2 Å². The average molecular weight is 331 g/mol. The molecule has 0 radical (unpaired) electrons. The number of rotatable bonds is 5. The second-order valence-electron chi connectivity index (χ2n) is 7.24. The minimum Gasteiger partial charge on any atom is -0.497 e. The number of carbonyl (C=O) groups is 1. The molecule has 1 aromatic rings. The van der Waals surface area contributed by atoms with Crippen molar-refractivity contribution in [2.24, 2.45) is 0 Å². The molecule has 0 spiro atoms. The highest BCUT2D eigenvalue weighted by Crippen LogP contribution is 2.41. The SMILES string of the molecule is COc1cccc(C2C(NC(=O)N(C)C(C)C)CCN2C2CC2)c1. The molecule has 24 heavy (non-hydrogen) atoms. The van der Waals surface area contributed by atoms with Gasteiger partial charge in [-0.1, -0.05) is 12.1 Å². The zero-order valence-electron chi connectivity index (χ0n) is 15.2. The second kappa shape index (κ2) is 7.01. The number of hydrogen-bond acceptors (Lipinski definition) is 3. The molecule has 3 rings (SSSR count). The number of ether oxygens (including phenoxy) is 1. The van der Waals surface area contributed by atoms with Gasteiger partial charge in [-0.25, -0.2) is 4.79 Å². The van der Waals surface area contributed by atoms with Crippen molar-refractivity contribution in [3.8, 4) is 5.75 Å². The smallest absolute Gasteiger partial charge is 0.317 e. The number of benzene rings is 1. The molecule has 2 atom stereocenters. The highest BCUT2D eigenvalue weighted by Gasteiger charge is 2.43. The molecule has 5 heteroatoms. The third kappa shape index (κ3) is 3.51. The number of likely N-dealkylation sites (tertiary alicyclic amines) is 1. The molecule has 2 amide bonds. The Hall–Kier alpha value is -1.75. The summed E-state index contributed by atoms with van der Waals surface area (Å²) >= 11 is 0. The first-order valence-electron chi connectivity index (χ1n) is 8.94. The lowest BCUT2D eigenvalue weighted by Crippen LogP contribution is -2.47. The van der Waals surface area contributed by atoms with Gasteiger partial charge in [0.05, 0.1) is 19.2 Å². The topological polar surface area (TPSA) is 44.8 Å². The summed E-state index contributed by atoms with van der Waals surface area (Å²) in [4.78, 5) is 16.8. The summed E-state index contributed by atoms with van der Waals surface area (Å²) in [5.41, 5.74) is 1.23. The second-order valence-corrected chi connectivity index (χ2v) is 7.24. The van der Waals surface area contributed by atoms with Gasteiger partial charge in [0, 0.05) is 25.7 Å². The van der Waals surface area contributed by atoms with Gasteiger partial charge < -0.3 is 15.0 Å². The first-order chi connectivity index (χ1) is 11.5. The van der Waals surface area contributed by atoms with Gasteiger partial charge in [-0.2, -0.15) is 0 Å². The van der Waals surface area contributed by atoms with E-state index in [4.69, 9.17) is 4.74 Å². The fraction of sp³-hybridized carbons (Fsp3) is 0.632. The normalized spacial score (nSPS) is 24.2. The predicted octanol–water partition coefficient (Wildman–Crippen LogP) is 3.02. The molecule has 1 aromatic carbocycles. The van der Waals surface area contributed by atoms with E-state index < -0.39 is 0 Å². The van der Waals surface area contributed by atoms with Crippen molar-refractivity contribution in [1.82, 2.24) is 15.1 Å².